The van der Waals surface area contributed by atoms with Crippen LogP contribution in [0.3, 0.4) is 0 Å². The number of aromatic nitrogens is 15. The summed E-state index contributed by atoms with van der Waals surface area (Å²) in [6, 6.07) is 61.1. The Morgan fingerprint density at radius 3 is 1.02 bits per heavy atom. The van der Waals surface area contributed by atoms with E-state index in [-0.39, 0.29) is 41.9 Å². The molecule has 722 valence electrons. The minimum absolute atomic E-state index is 0. The Hall–Kier alpha value is -15.5. The Labute approximate surface area is 827 Å². The van der Waals surface area contributed by atoms with Crippen molar-refractivity contribution in [2.45, 2.75) is 181 Å². The van der Waals surface area contributed by atoms with Crippen molar-refractivity contribution in [3.8, 4) is 45.0 Å². The number of carbonyl (C=O) groups is 2. The van der Waals surface area contributed by atoms with Crippen molar-refractivity contribution < 1.29 is 41.1 Å². The minimum Gasteiger partial charge on any atom is -0.464 e. The van der Waals surface area contributed by atoms with Crippen molar-refractivity contribution in [1.82, 2.24) is 98.7 Å². The third-order valence-electron chi connectivity index (χ3n) is 24.0. The van der Waals surface area contributed by atoms with Gasteiger partial charge in [0.25, 0.3) is 0 Å². The van der Waals surface area contributed by atoms with E-state index in [9.17, 15) is 9.59 Å². The topological polar surface area (TPSA) is 297 Å². The Morgan fingerprint density at radius 1 is 0.348 bits per heavy atom. The van der Waals surface area contributed by atoms with Crippen LogP contribution in [-0.4, -0.2) is 131 Å². The van der Waals surface area contributed by atoms with Crippen LogP contribution in [-0.2, 0) is 108 Å². The number of halogens is 1. The number of fused-ring (bicyclic) bond motifs is 10. The van der Waals surface area contributed by atoms with Crippen LogP contribution in [0.25, 0.3) is 99.9 Å². The second kappa shape index (κ2) is 42.9. The molecule has 0 saturated heterocycles. The summed E-state index contributed by atoms with van der Waals surface area (Å²) in [7, 11) is 4.27. The van der Waals surface area contributed by atoms with Crippen molar-refractivity contribution in [1.29, 1.82) is 0 Å². The summed E-state index contributed by atoms with van der Waals surface area (Å²) in [6.07, 6.45) is 28.3. The van der Waals surface area contributed by atoms with E-state index >= 15 is 0 Å². The van der Waals surface area contributed by atoms with Crippen LogP contribution in [0.1, 0.15) is 155 Å². The van der Waals surface area contributed by atoms with Crippen LogP contribution in [0.4, 0.5) is 9.59 Å². The summed E-state index contributed by atoms with van der Waals surface area (Å²) in [5.74, 6) is 0. The van der Waals surface area contributed by atoms with Crippen molar-refractivity contribution in [3.63, 3.8) is 0 Å². The van der Waals surface area contributed by atoms with E-state index in [0.29, 0.717) is 39.3 Å². The number of benzene rings is 5. The van der Waals surface area contributed by atoms with E-state index in [1.165, 1.54) is 61.9 Å². The molecule has 0 aliphatic carbocycles. The number of furan rings is 5. The molecular formula is C111H117BrN20O9. The predicted octanol–water partition coefficient (Wildman–Crippen LogP) is 24.0. The van der Waals surface area contributed by atoms with Gasteiger partial charge in [0.15, 0.2) is 0 Å². The lowest BCUT2D eigenvalue weighted by atomic mass is 10.0. The molecule has 20 heterocycles. The minimum atomic E-state index is -0.535. The van der Waals surface area contributed by atoms with E-state index in [0.717, 1.165) is 186 Å². The van der Waals surface area contributed by atoms with Crippen molar-refractivity contribution in [2.24, 2.45) is 0 Å². The number of pyridine rings is 5. The molecule has 5 aromatic carbocycles. The number of hydrogen-bond acceptors (Lipinski definition) is 22. The number of carbonyl (C=O) groups excluding carboxylic acids is 2. The molecule has 0 spiro atoms. The lowest BCUT2D eigenvalue weighted by molar-refractivity contribution is 0.0229. The SMILES string of the molecule is Brc1ccc2occc2c1.C.C.C.C.CC(C)(C)OC(=O)N1Cc2cn(Cc3cccnc3)nc2C1.CC(C)(C)OC(=O)N1Cc2nn(Cc3cccnc3)c(-c3ccc4occc4c3)c2C1.CN1Cc2nn(Cc3cccnc3)c(-c3ccc4occc4c3)c2C1.CN1Cc2nn(Cc3cccnc3)c(-c3ccc4occc4c3)c2C1.c1cncc(Cn2nc3c(c2-c2ccc4occc4c2)CNC3)c1. The van der Waals surface area contributed by atoms with Gasteiger partial charge in [-0.15, -0.1) is 0 Å². The molecule has 15 aromatic heterocycles. The number of nitrogens with zero attached hydrogens (tertiary/aromatic N) is 19. The molecule has 0 radical (unpaired) electrons. The molecule has 30 heteroatoms. The molecule has 141 heavy (non-hydrogen) atoms. The van der Waals surface area contributed by atoms with Gasteiger partial charge in [-0.3, -0.25) is 67.9 Å². The van der Waals surface area contributed by atoms with Gasteiger partial charge in [-0.05, 0) is 235 Å². The van der Waals surface area contributed by atoms with E-state index < -0.39 is 11.2 Å². The highest BCUT2D eigenvalue weighted by Crippen LogP contribution is 2.41. The summed E-state index contributed by atoms with van der Waals surface area (Å²) in [5.41, 5.74) is 29.7. The number of hydrogen-bond donors (Lipinski definition) is 1. The van der Waals surface area contributed by atoms with Crippen LogP contribution in [0.2, 0.25) is 0 Å². The maximum atomic E-state index is 12.6. The van der Waals surface area contributed by atoms with Gasteiger partial charge in [-0.25, -0.2) is 9.59 Å². The molecule has 29 nitrogen and oxygen atoms in total. The van der Waals surface area contributed by atoms with Crippen LogP contribution >= 0.6 is 15.9 Å². The average molecular weight is 1960 g/mol. The second-order valence-electron chi connectivity index (χ2n) is 36.7. The number of amides is 2. The van der Waals surface area contributed by atoms with Gasteiger partial charge >= 0.3 is 12.2 Å². The molecule has 20 aromatic rings. The molecular weight excluding hydrogens is 1840 g/mol. The number of ether oxygens (including phenoxy) is 2. The van der Waals surface area contributed by atoms with E-state index in [1.54, 1.807) is 72.1 Å². The molecule has 0 unspecified atom stereocenters. The van der Waals surface area contributed by atoms with Gasteiger partial charge in [0.05, 0.1) is 141 Å². The second-order valence-corrected chi connectivity index (χ2v) is 37.7. The smallest absolute Gasteiger partial charge is 0.410 e. The van der Waals surface area contributed by atoms with Gasteiger partial charge in [-0.2, -0.15) is 25.5 Å². The zero-order valence-corrected chi connectivity index (χ0v) is 78.8. The Kier molecular flexibility index (Phi) is 30.0. The highest BCUT2D eigenvalue weighted by atomic mass is 79.9. The zero-order chi connectivity index (χ0) is 93.8. The summed E-state index contributed by atoms with van der Waals surface area (Å²) >= 11 is 3.38. The third kappa shape index (κ3) is 22.6. The molecule has 0 saturated carbocycles. The maximum Gasteiger partial charge on any atom is 0.410 e. The first-order valence-electron chi connectivity index (χ1n) is 45.5. The fraction of sp³-hybridized carbons (Fsp3) is 0.261. The Balaban J connectivity index is 0.000000123. The normalized spacial score (nSPS) is 13.3. The van der Waals surface area contributed by atoms with Crippen LogP contribution in [0, 0.1) is 0 Å². The summed E-state index contributed by atoms with van der Waals surface area (Å²) in [4.78, 5) is 53.7. The maximum absolute atomic E-state index is 12.6. The van der Waals surface area contributed by atoms with Gasteiger partial charge in [0.1, 0.15) is 39.1 Å². The van der Waals surface area contributed by atoms with E-state index in [1.807, 2.05) is 209 Å². The van der Waals surface area contributed by atoms with Crippen LogP contribution < -0.4 is 5.32 Å². The Bertz CT molecular complexity index is 7470. The summed E-state index contributed by atoms with van der Waals surface area (Å²) < 4.78 is 49.4. The van der Waals surface area contributed by atoms with Gasteiger partial charge in [-0.1, -0.05) is 76.0 Å². The molecule has 5 aliphatic heterocycles. The van der Waals surface area contributed by atoms with Crippen molar-refractivity contribution >= 4 is 83.0 Å². The quantitative estimate of drug-likeness (QED) is 0.106. The standard InChI is InChI=1S/C24H24N4O3.2C20H18N4O.C19H16N4O.C16H20N4O2.C8H5BrO.4CH4/c1-24(2,3)31-23(29)27-14-19-20(15-27)26-28(13-16-5-4-9-25-12-16)22(19)18-6-7-21-17(11-18)8-10-30-21;2*1-23-12-17-18(13-23)22-24(11-14-3-2-7-21-10-14)20(17)16-4-5-19-15(9-16)6-8-25-19;1-2-13(9-20-6-1)12-23-19(16-10-21-11-17(16)22-23)15-3-4-18-14(8-15)5-7-24-18;1-16(2,3)22-15(21)19-9-13-10-20(18-14(13)11-19)8-12-5-4-6-17-7-12;9-7-1-2-8-6(5-7)3-4-10-8;;;;/h4-12H,13-15H2,1-3H3;2*2-10H,11-13H2,1H3;1-9,21H,10-12H2;4-7,10H,8-9,11H2,1-3H3;1-5H;4*1H4. The van der Waals surface area contributed by atoms with Gasteiger partial charge in [0, 0.05) is 189 Å². The lowest BCUT2D eigenvalue weighted by Crippen LogP contribution is -2.33. The largest absolute Gasteiger partial charge is 0.464 e. The van der Waals surface area contributed by atoms with E-state index in [2.05, 4.69) is 150 Å². The molecule has 0 fully saturated rings. The molecule has 0 bridgehead atoms. The van der Waals surface area contributed by atoms with Crippen LogP contribution in [0.5, 0.6) is 0 Å². The number of nitrogens with one attached hydrogen (secondary N) is 1. The van der Waals surface area contributed by atoms with Gasteiger partial charge < -0.3 is 36.9 Å². The lowest BCUT2D eigenvalue weighted by Gasteiger charge is -2.24. The van der Waals surface area contributed by atoms with Crippen LogP contribution in [0.15, 0.2) is 308 Å². The Morgan fingerprint density at radius 2 is 0.667 bits per heavy atom. The fourth-order valence-corrected chi connectivity index (χ4v) is 18.4. The van der Waals surface area contributed by atoms with Gasteiger partial charge in [0.2, 0.25) is 0 Å². The first kappa shape index (κ1) is 98.5. The number of rotatable bonds is 14. The highest BCUT2D eigenvalue weighted by Gasteiger charge is 2.36. The molecule has 0 atom stereocenters. The first-order chi connectivity index (χ1) is 66.6. The van der Waals surface area contributed by atoms with Crippen molar-refractivity contribution in [3.05, 3.63) is 370 Å². The molecule has 2 amide bonds. The third-order valence-corrected chi connectivity index (χ3v) is 24.5. The monoisotopic (exact) mass is 1950 g/mol. The average Bonchev–Trinajstić information content (AvgIpc) is 1.61. The molecule has 25 rings (SSSR count). The first-order valence-corrected chi connectivity index (χ1v) is 46.3. The molecule has 1 N–H and O–H groups in total. The highest BCUT2D eigenvalue weighted by molar-refractivity contribution is 9.10. The van der Waals surface area contributed by atoms with Crippen molar-refractivity contribution in [2.75, 3.05) is 14.1 Å². The zero-order valence-electron chi connectivity index (χ0n) is 77.2. The van der Waals surface area contributed by atoms with E-state index in [4.69, 9.17) is 52.0 Å². The summed E-state index contributed by atoms with van der Waals surface area (Å²) in [6.45, 7) is 22.0. The fourth-order valence-electron chi connectivity index (χ4n) is 18.0. The summed E-state index contributed by atoms with van der Waals surface area (Å²) in [5, 5.41) is 33.0. The molecule has 5 aliphatic rings. The predicted molar refractivity (Wildman–Crippen MR) is 551 cm³/mol.